The molecule has 0 heterocycles. The maximum Gasteiger partial charge on any atom is 0.418 e. The van der Waals surface area contributed by atoms with Gasteiger partial charge in [0, 0.05) is 11.7 Å². The predicted octanol–water partition coefficient (Wildman–Crippen LogP) is 4.89. The predicted molar refractivity (Wildman–Crippen MR) is 76.5 cm³/mol. The molecule has 2 rings (SSSR count). The maximum atomic E-state index is 13.0. The van der Waals surface area contributed by atoms with Gasteiger partial charge >= 0.3 is 6.18 Å². The SMILES string of the molecule is COc1cccc(C(C)Nc2ccccc2C(F)(F)F)c1. The molecule has 0 saturated carbocycles. The Bertz CT molecular complexity index is 610. The molecule has 1 N–H and O–H groups in total. The van der Waals surface area contributed by atoms with E-state index in [1.165, 1.54) is 12.1 Å². The van der Waals surface area contributed by atoms with E-state index in [0.717, 1.165) is 11.6 Å². The molecule has 21 heavy (non-hydrogen) atoms. The number of hydrogen-bond donors (Lipinski definition) is 1. The van der Waals surface area contributed by atoms with Gasteiger partial charge in [-0.25, -0.2) is 0 Å². The highest BCUT2D eigenvalue weighted by atomic mass is 19.4. The summed E-state index contributed by atoms with van der Waals surface area (Å²) in [5.74, 6) is 0.672. The summed E-state index contributed by atoms with van der Waals surface area (Å²) in [4.78, 5) is 0. The van der Waals surface area contributed by atoms with Crippen molar-refractivity contribution in [2.75, 3.05) is 12.4 Å². The van der Waals surface area contributed by atoms with E-state index in [9.17, 15) is 13.2 Å². The molecular formula is C16H16F3NO. The molecule has 5 heteroatoms. The van der Waals surface area contributed by atoms with Gasteiger partial charge in [-0.3, -0.25) is 0 Å². The van der Waals surface area contributed by atoms with Gasteiger partial charge in [0.2, 0.25) is 0 Å². The molecule has 0 fully saturated rings. The van der Waals surface area contributed by atoms with E-state index < -0.39 is 11.7 Å². The monoisotopic (exact) mass is 295 g/mol. The second-order valence-electron chi connectivity index (χ2n) is 4.69. The van der Waals surface area contributed by atoms with Crippen LogP contribution in [0.4, 0.5) is 18.9 Å². The average molecular weight is 295 g/mol. The number of hydrogen-bond acceptors (Lipinski definition) is 2. The topological polar surface area (TPSA) is 21.3 Å². The molecule has 0 spiro atoms. The first-order chi connectivity index (χ1) is 9.91. The number of rotatable bonds is 4. The van der Waals surface area contributed by atoms with Gasteiger partial charge in [-0.05, 0) is 36.8 Å². The number of para-hydroxylation sites is 1. The zero-order chi connectivity index (χ0) is 15.5. The molecule has 0 saturated heterocycles. The van der Waals surface area contributed by atoms with Gasteiger partial charge in [0.05, 0.1) is 12.7 Å². The van der Waals surface area contributed by atoms with Crippen molar-refractivity contribution in [3.8, 4) is 5.75 Å². The molecule has 0 aliphatic heterocycles. The number of ether oxygens (including phenoxy) is 1. The van der Waals surface area contributed by atoms with E-state index in [4.69, 9.17) is 4.74 Å². The molecule has 2 nitrogen and oxygen atoms in total. The summed E-state index contributed by atoms with van der Waals surface area (Å²) in [6, 6.07) is 12.4. The molecule has 0 aromatic heterocycles. The van der Waals surface area contributed by atoms with Crippen molar-refractivity contribution in [2.45, 2.75) is 19.1 Å². The normalized spacial score (nSPS) is 12.8. The highest BCUT2D eigenvalue weighted by Gasteiger charge is 2.33. The van der Waals surface area contributed by atoms with Gasteiger partial charge in [0.25, 0.3) is 0 Å². The van der Waals surface area contributed by atoms with E-state index in [1.54, 1.807) is 25.3 Å². The summed E-state index contributed by atoms with van der Waals surface area (Å²) in [6.45, 7) is 1.81. The number of benzene rings is 2. The standard InChI is InChI=1S/C16H16F3NO/c1-11(12-6-5-7-13(10-12)21-2)20-15-9-4-3-8-14(15)16(17,18)19/h3-11,20H,1-2H3. The van der Waals surface area contributed by atoms with E-state index in [1.807, 2.05) is 19.1 Å². The number of methoxy groups -OCH3 is 1. The summed E-state index contributed by atoms with van der Waals surface area (Å²) >= 11 is 0. The lowest BCUT2D eigenvalue weighted by atomic mass is 10.1. The van der Waals surface area contributed by atoms with Gasteiger partial charge in [-0.15, -0.1) is 0 Å². The Morgan fingerprint density at radius 2 is 1.76 bits per heavy atom. The van der Waals surface area contributed by atoms with Crippen LogP contribution in [0.1, 0.15) is 24.1 Å². The van der Waals surface area contributed by atoms with Crippen LogP contribution in [0, 0.1) is 0 Å². The van der Waals surface area contributed by atoms with Gasteiger partial charge in [0.15, 0.2) is 0 Å². The average Bonchev–Trinajstić information content (AvgIpc) is 2.46. The van der Waals surface area contributed by atoms with Gasteiger partial charge in [-0.1, -0.05) is 24.3 Å². The van der Waals surface area contributed by atoms with Crippen LogP contribution in [-0.4, -0.2) is 7.11 Å². The first-order valence-electron chi connectivity index (χ1n) is 6.48. The molecule has 2 aromatic rings. The molecule has 0 bridgehead atoms. The van der Waals surface area contributed by atoms with Crippen molar-refractivity contribution in [3.05, 3.63) is 59.7 Å². The van der Waals surface area contributed by atoms with E-state index in [2.05, 4.69) is 5.32 Å². The third-order valence-corrected chi connectivity index (χ3v) is 3.20. The lowest BCUT2D eigenvalue weighted by Crippen LogP contribution is -2.13. The van der Waals surface area contributed by atoms with Crippen molar-refractivity contribution in [3.63, 3.8) is 0 Å². The number of anilines is 1. The fourth-order valence-electron chi connectivity index (χ4n) is 2.08. The molecule has 0 amide bonds. The van der Waals surface area contributed by atoms with Crippen molar-refractivity contribution in [2.24, 2.45) is 0 Å². The second kappa shape index (κ2) is 6.08. The summed E-state index contributed by atoms with van der Waals surface area (Å²) in [5, 5.41) is 2.91. The molecule has 0 radical (unpaired) electrons. The van der Waals surface area contributed by atoms with Crippen molar-refractivity contribution >= 4 is 5.69 Å². The van der Waals surface area contributed by atoms with Gasteiger partial charge in [0.1, 0.15) is 5.75 Å². The number of halogens is 3. The molecule has 2 aromatic carbocycles. The Labute approximate surface area is 121 Å². The fourth-order valence-corrected chi connectivity index (χ4v) is 2.08. The van der Waals surface area contributed by atoms with Gasteiger partial charge in [-0.2, -0.15) is 13.2 Å². The Kier molecular flexibility index (Phi) is 4.40. The highest BCUT2D eigenvalue weighted by molar-refractivity contribution is 5.54. The highest BCUT2D eigenvalue weighted by Crippen LogP contribution is 2.36. The van der Waals surface area contributed by atoms with Crippen LogP contribution in [0.25, 0.3) is 0 Å². The lowest BCUT2D eigenvalue weighted by Gasteiger charge is -2.20. The van der Waals surface area contributed by atoms with Crippen LogP contribution in [0.15, 0.2) is 48.5 Å². The Balaban J connectivity index is 2.25. The minimum Gasteiger partial charge on any atom is -0.497 e. The number of alkyl halides is 3. The zero-order valence-electron chi connectivity index (χ0n) is 11.7. The Morgan fingerprint density at radius 1 is 1.05 bits per heavy atom. The summed E-state index contributed by atoms with van der Waals surface area (Å²) in [7, 11) is 1.55. The molecule has 1 atom stereocenters. The third kappa shape index (κ3) is 3.68. The second-order valence-corrected chi connectivity index (χ2v) is 4.69. The summed E-state index contributed by atoms with van der Waals surface area (Å²) < 4.78 is 44.0. The molecule has 1 unspecified atom stereocenters. The van der Waals surface area contributed by atoms with E-state index in [-0.39, 0.29) is 11.7 Å². The molecule has 112 valence electrons. The van der Waals surface area contributed by atoms with Crippen LogP contribution in [0.2, 0.25) is 0 Å². The largest absolute Gasteiger partial charge is 0.497 e. The van der Waals surface area contributed by atoms with Crippen LogP contribution in [-0.2, 0) is 6.18 Å². The van der Waals surface area contributed by atoms with E-state index in [0.29, 0.717) is 5.75 Å². The van der Waals surface area contributed by atoms with E-state index >= 15 is 0 Å². The minimum atomic E-state index is -4.38. The summed E-state index contributed by atoms with van der Waals surface area (Å²) in [5.41, 5.74) is 0.256. The zero-order valence-corrected chi connectivity index (χ0v) is 11.7. The maximum absolute atomic E-state index is 13.0. The Hall–Kier alpha value is -2.17. The van der Waals surface area contributed by atoms with Crippen LogP contribution in [0.5, 0.6) is 5.75 Å². The molecular weight excluding hydrogens is 279 g/mol. The minimum absolute atomic E-state index is 0.0697. The van der Waals surface area contributed by atoms with Crippen LogP contribution < -0.4 is 10.1 Å². The first-order valence-corrected chi connectivity index (χ1v) is 6.48. The number of nitrogens with one attached hydrogen (secondary N) is 1. The van der Waals surface area contributed by atoms with Gasteiger partial charge < -0.3 is 10.1 Å². The van der Waals surface area contributed by atoms with Crippen LogP contribution >= 0.6 is 0 Å². The Morgan fingerprint density at radius 3 is 2.43 bits per heavy atom. The third-order valence-electron chi connectivity index (χ3n) is 3.20. The smallest absolute Gasteiger partial charge is 0.418 e. The van der Waals surface area contributed by atoms with Crippen molar-refractivity contribution < 1.29 is 17.9 Å². The van der Waals surface area contributed by atoms with Crippen molar-refractivity contribution in [1.82, 2.24) is 0 Å². The lowest BCUT2D eigenvalue weighted by molar-refractivity contribution is -0.137. The summed E-state index contributed by atoms with van der Waals surface area (Å²) in [6.07, 6.45) is -4.38. The quantitative estimate of drug-likeness (QED) is 0.867. The first kappa shape index (κ1) is 15.2. The fraction of sp³-hybridized carbons (Fsp3) is 0.250. The molecule has 0 aliphatic rings. The van der Waals surface area contributed by atoms with Crippen molar-refractivity contribution in [1.29, 1.82) is 0 Å². The van der Waals surface area contributed by atoms with Crippen LogP contribution in [0.3, 0.4) is 0 Å². The molecule has 0 aliphatic carbocycles.